The highest BCUT2D eigenvalue weighted by Crippen LogP contribution is 2.24. The molecule has 2 fully saturated rings. The van der Waals surface area contributed by atoms with Crippen LogP contribution in [-0.4, -0.2) is 70.2 Å². The van der Waals surface area contributed by atoms with Crippen LogP contribution in [0.15, 0.2) is 48.5 Å². The van der Waals surface area contributed by atoms with E-state index in [4.69, 9.17) is 4.74 Å². The van der Waals surface area contributed by atoms with E-state index in [1.54, 1.807) is 35.2 Å². The number of halogens is 1. The van der Waals surface area contributed by atoms with Gasteiger partial charge in [-0.1, -0.05) is 6.07 Å². The van der Waals surface area contributed by atoms with Gasteiger partial charge >= 0.3 is 6.09 Å². The molecular weight excluding hydrogens is 409 g/mol. The normalized spacial score (nSPS) is 18.9. The van der Waals surface area contributed by atoms with E-state index < -0.39 is 15.9 Å². The molecule has 0 aliphatic carbocycles. The molecule has 4 rings (SSSR count). The highest BCUT2D eigenvalue weighted by molar-refractivity contribution is 7.91. The van der Waals surface area contributed by atoms with Crippen molar-refractivity contribution in [1.29, 1.82) is 0 Å². The molecule has 2 aliphatic heterocycles. The number of ether oxygens (including phenoxy) is 1. The minimum atomic E-state index is -2.95. The van der Waals surface area contributed by atoms with Crippen molar-refractivity contribution in [3.8, 4) is 5.75 Å². The van der Waals surface area contributed by atoms with Crippen LogP contribution in [-0.2, 0) is 9.84 Å². The number of sulfone groups is 1. The zero-order chi connectivity index (χ0) is 21.1. The summed E-state index contributed by atoms with van der Waals surface area (Å²) in [5.41, 5.74) is 1.77. The number of carbonyl (C=O) groups is 1. The molecule has 1 amide bonds. The van der Waals surface area contributed by atoms with Gasteiger partial charge in [0.1, 0.15) is 11.6 Å². The van der Waals surface area contributed by atoms with Crippen molar-refractivity contribution in [3.63, 3.8) is 0 Å². The number of benzene rings is 2. The Morgan fingerprint density at radius 2 is 1.47 bits per heavy atom. The molecule has 0 saturated carbocycles. The number of amides is 1. The van der Waals surface area contributed by atoms with Crippen molar-refractivity contribution in [2.45, 2.75) is 0 Å². The van der Waals surface area contributed by atoms with Crippen LogP contribution in [0.5, 0.6) is 5.75 Å². The summed E-state index contributed by atoms with van der Waals surface area (Å²) in [7, 11) is -2.95. The van der Waals surface area contributed by atoms with Gasteiger partial charge in [0.2, 0.25) is 0 Å². The number of hydrogen-bond acceptors (Lipinski definition) is 6. The second-order valence-corrected chi connectivity index (χ2v) is 9.76. The van der Waals surface area contributed by atoms with Gasteiger partial charge in [0.25, 0.3) is 0 Å². The summed E-state index contributed by atoms with van der Waals surface area (Å²) >= 11 is 0. The van der Waals surface area contributed by atoms with Gasteiger partial charge in [-0.05, 0) is 36.4 Å². The summed E-state index contributed by atoms with van der Waals surface area (Å²) in [4.78, 5) is 18.3. The molecule has 0 atom stereocenters. The molecule has 2 aliphatic rings. The standard InChI is InChI=1S/C21H24FN3O4S/c22-17-4-6-18(7-5-17)23-8-10-25(11-9-23)21(26)29-20-3-1-2-19(16-20)24-12-14-30(27,28)15-13-24/h1-7,16H,8-15H2. The van der Waals surface area contributed by atoms with Crippen molar-refractivity contribution in [1.82, 2.24) is 4.90 Å². The van der Waals surface area contributed by atoms with Gasteiger partial charge in [0, 0.05) is 56.7 Å². The summed E-state index contributed by atoms with van der Waals surface area (Å²) in [6.45, 7) is 3.18. The molecule has 0 N–H and O–H groups in total. The minimum absolute atomic E-state index is 0.134. The van der Waals surface area contributed by atoms with Crippen LogP contribution in [0.3, 0.4) is 0 Å². The first-order valence-electron chi connectivity index (χ1n) is 9.92. The lowest BCUT2D eigenvalue weighted by molar-refractivity contribution is 0.149. The molecule has 0 unspecified atom stereocenters. The Labute approximate surface area is 175 Å². The zero-order valence-electron chi connectivity index (χ0n) is 16.5. The van der Waals surface area contributed by atoms with Gasteiger partial charge < -0.3 is 19.4 Å². The SMILES string of the molecule is O=C(Oc1cccc(N2CCS(=O)(=O)CC2)c1)N1CCN(c2ccc(F)cc2)CC1. The molecular formula is C21H24FN3O4S. The molecule has 2 saturated heterocycles. The third-order valence-electron chi connectivity index (χ3n) is 5.46. The quantitative estimate of drug-likeness (QED) is 0.740. The molecule has 0 radical (unpaired) electrons. The van der Waals surface area contributed by atoms with E-state index in [9.17, 15) is 17.6 Å². The Hall–Kier alpha value is -2.81. The molecule has 9 heteroatoms. The van der Waals surface area contributed by atoms with Gasteiger partial charge in [0.15, 0.2) is 9.84 Å². The first-order valence-corrected chi connectivity index (χ1v) is 11.7. The van der Waals surface area contributed by atoms with Crippen LogP contribution in [0.4, 0.5) is 20.6 Å². The summed E-state index contributed by atoms with van der Waals surface area (Å²) in [6, 6.07) is 13.5. The Morgan fingerprint density at radius 3 is 2.13 bits per heavy atom. The van der Waals surface area contributed by atoms with E-state index >= 15 is 0 Å². The van der Waals surface area contributed by atoms with Crippen LogP contribution >= 0.6 is 0 Å². The lowest BCUT2D eigenvalue weighted by Crippen LogP contribution is -2.49. The fraction of sp³-hybridized carbons (Fsp3) is 0.381. The largest absolute Gasteiger partial charge is 0.415 e. The van der Waals surface area contributed by atoms with Gasteiger partial charge in [-0.15, -0.1) is 0 Å². The highest BCUT2D eigenvalue weighted by atomic mass is 32.2. The van der Waals surface area contributed by atoms with E-state index in [1.165, 1.54) is 12.1 Å². The van der Waals surface area contributed by atoms with Gasteiger partial charge in [-0.2, -0.15) is 0 Å². The molecule has 2 heterocycles. The predicted molar refractivity (Wildman–Crippen MR) is 114 cm³/mol. The molecule has 30 heavy (non-hydrogen) atoms. The predicted octanol–water partition coefficient (Wildman–Crippen LogP) is 2.38. The average molecular weight is 434 g/mol. The van der Waals surface area contributed by atoms with Crippen LogP contribution in [0.1, 0.15) is 0 Å². The summed E-state index contributed by atoms with van der Waals surface area (Å²) in [5.74, 6) is 0.436. The Balaban J connectivity index is 1.33. The second-order valence-electron chi connectivity index (χ2n) is 7.45. The molecule has 0 spiro atoms. The fourth-order valence-electron chi connectivity index (χ4n) is 3.68. The maximum atomic E-state index is 13.1. The van der Waals surface area contributed by atoms with Crippen molar-refractivity contribution in [2.75, 3.05) is 60.6 Å². The van der Waals surface area contributed by atoms with E-state index in [-0.39, 0.29) is 17.3 Å². The molecule has 2 aromatic carbocycles. The first kappa shape index (κ1) is 20.5. The molecule has 0 aromatic heterocycles. The third-order valence-corrected chi connectivity index (χ3v) is 7.07. The van der Waals surface area contributed by atoms with Crippen LogP contribution < -0.4 is 14.5 Å². The maximum Gasteiger partial charge on any atom is 0.415 e. The number of piperazine rings is 1. The van der Waals surface area contributed by atoms with E-state index in [0.717, 1.165) is 11.4 Å². The highest BCUT2D eigenvalue weighted by Gasteiger charge is 2.24. The topological polar surface area (TPSA) is 70.2 Å². The van der Waals surface area contributed by atoms with E-state index in [0.29, 0.717) is 45.0 Å². The monoisotopic (exact) mass is 433 g/mol. The number of nitrogens with zero attached hydrogens (tertiary/aromatic N) is 3. The van der Waals surface area contributed by atoms with Gasteiger partial charge in [0.05, 0.1) is 11.5 Å². The van der Waals surface area contributed by atoms with E-state index in [1.807, 2.05) is 11.0 Å². The summed E-state index contributed by atoms with van der Waals surface area (Å²) in [5, 5.41) is 0. The lowest BCUT2D eigenvalue weighted by Gasteiger charge is -2.35. The van der Waals surface area contributed by atoms with Gasteiger partial charge in [-0.3, -0.25) is 0 Å². The molecule has 2 aromatic rings. The van der Waals surface area contributed by atoms with Crippen LogP contribution in [0, 0.1) is 5.82 Å². The van der Waals surface area contributed by atoms with Crippen molar-refractivity contribution in [2.24, 2.45) is 0 Å². The van der Waals surface area contributed by atoms with Crippen molar-refractivity contribution >= 4 is 27.3 Å². The molecule has 160 valence electrons. The average Bonchev–Trinajstić information content (AvgIpc) is 2.74. The Bertz CT molecular complexity index is 991. The van der Waals surface area contributed by atoms with Crippen molar-refractivity contribution < 1.29 is 22.3 Å². The van der Waals surface area contributed by atoms with Crippen LogP contribution in [0.2, 0.25) is 0 Å². The number of rotatable bonds is 3. The summed E-state index contributed by atoms with van der Waals surface area (Å²) < 4.78 is 41.9. The lowest BCUT2D eigenvalue weighted by atomic mass is 10.2. The fourth-order valence-corrected chi connectivity index (χ4v) is 4.88. The zero-order valence-corrected chi connectivity index (χ0v) is 17.4. The van der Waals surface area contributed by atoms with Gasteiger partial charge in [-0.25, -0.2) is 17.6 Å². The van der Waals surface area contributed by atoms with Crippen LogP contribution in [0.25, 0.3) is 0 Å². The minimum Gasteiger partial charge on any atom is -0.410 e. The first-order chi connectivity index (χ1) is 14.4. The van der Waals surface area contributed by atoms with E-state index in [2.05, 4.69) is 4.90 Å². The smallest absolute Gasteiger partial charge is 0.410 e. The van der Waals surface area contributed by atoms with Crippen molar-refractivity contribution in [3.05, 3.63) is 54.3 Å². The maximum absolute atomic E-state index is 13.1. The Kier molecular flexibility index (Phi) is 5.80. The summed E-state index contributed by atoms with van der Waals surface area (Å²) in [6.07, 6.45) is -0.410. The number of anilines is 2. The number of hydrogen-bond donors (Lipinski definition) is 0. The Morgan fingerprint density at radius 1 is 0.833 bits per heavy atom. The number of carbonyl (C=O) groups excluding carboxylic acids is 1. The second kappa shape index (κ2) is 8.51. The molecule has 7 nitrogen and oxygen atoms in total. The molecule has 0 bridgehead atoms. The third kappa shape index (κ3) is 4.84.